The zero-order valence-corrected chi connectivity index (χ0v) is 18.4. The average Bonchev–Trinajstić information content (AvgIpc) is 3.00. The Hall–Kier alpha value is -3.73. The molecule has 2 amide bonds. The van der Waals surface area contributed by atoms with E-state index in [0.717, 1.165) is 10.5 Å². The summed E-state index contributed by atoms with van der Waals surface area (Å²) in [6.07, 6.45) is 0. The van der Waals surface area contributed by atoms with Crippen LogP contribution in [-0.2, 0) is 16.1 Å². The van der Waals surface area contributed by atoms with Crippen LogP contribution in [0.3, 0.4) is 0 Å². The van der Waals surface area contributed by atoms with Crippen LogP contribution in [0, 0.1) is 12.7 Å². The number of aryl methyl sites for hydroxylation is 1. The highest BCUT2D eigenvalue weighted by Gasteiger charge is 2.39. The first-order chi connectivity index (χ1) is 15.3. The van der Waals surface area contributed by atoms with Crippen LogP contribution in [0.25, 0.3) is 5.57 Å². The van der Waals surface area contributed by atoms with E-state index in [9.17, 15) is 14.0 Å². The predicted octanol–water partition coefficient (Wildman–Crippen LogP) is 5.65. The van der Waals surface area contributed by atoms with Crippen LogP contribution in [0.2, 0.25) is 0 Å². The van der Waals surface area contributed by atoms with Gasteiger partial charge in [0.15, 0.2) is 0 Å². The van der Waals surface area contributed by atoms with Crippen molar-refractivity contribution in [2.24, 2.45) is 0 Å². The molecule has 1 aliphatic heterocycles. The molecule has 0 saturated carbocycles. The zero-order valence-electron chi connectivity index (χ0n) is 18.4. The smallest absolute Gasteiger partial charge is 0.278 e. The highest BCUT2D eigenvalue weighted by Crippen LogP contribution is 2.32. The van der Waals surface area contributed by atoms with Crippen LogP contribution in [0.15, 0.2) is 78.5 Å². The number of amides is 2. The highest BCUT2D eigenvalue weighted by atomic mass is 19.1. The third-order valence-corrected chi connectivity index (χ3v) is 5.64. The molecule has 0 aromatic heterocycles. The maximum atomic E-state index is 14.2. The van der Waals surface area contributed by atoms with Gasteiger partial charge in [-0.05, 0) is 42.2 Å². The lowest BCUT2D eigenvalue weighted by atomic mass is 10.0. The molecule has 3 aromatic rings. The second-order valence-electron chi connectivity index (χ2n) is 8.31. The van der Waals surface area contributed by atoms with E-state index in [1.165, 1.54) is 11.6 Å². The number of nitrogens with zero attached hydrogens (tertiary/aromatic N) is 1. The van der Waals surface area contributed by atoms with Crippen molar-refractivity contribution in [1.29, 1.82) is 0 Å². The number of imide groups is 1. The minimum atomic E-state index is -0.471. The Labute approximate surface area is 187 Å². The van der Waals surface area contributed by atoms with Gasteiger partial charge in [-0.15, -0.1) is 0 Å². The summed E-state index contributed by atoms with van der Waals surface area (Å²) in [5, 5.41) is 3.15. The molecule has 0 unspecified atom stereocenters. The number of hydrogen-bond acceptors (Lipinski definition) is 3. The third-order valence-electron chi connectivity index (χ3n) is 5.64. The van der Waals surface area contributed by atoms with Crippen molar-refractivity contribution in [3.05, 3.63) is 107 Å². The zero-order chi connectivity index (χ0) is 22.8. The average molecular weight is 429 g/mol. The molecule has 162 valence electrons. The van der Waals surface area contributed by atoms with Crippen LogP contribution >= 0.6 is 0 Å². The number of rotatable bonds is 6. The minimum Gasteiger partial charge on any atom is -0.350 e. The number of anilines is 1. The van der Waals surface area contributed by atoms with Gasteiger partial charge in [-0.25, -0.2) is 4.39 Å². The second-order valence-corrected chi connectivity index (χ2v) is 8.31. The van der Waals surface area contributed by atoms with Gasteiger partial charge in [0, 0.05) is 11.3 Å². The predicted molar refractivity (Wildman–Crippen MR) is 124 cm³/mol. The molecule has 0 fully saturated rings. The number of halogens is 1. The van der Waals surface area contributed by atoms with E-state index in [1.807, 2.05) is 55.5 Å². The number of carbonyl (C=O) groups excluding carboxylic acids is 2. The standard InChI is InChI=1S/C27H25FN2O2/c1-17(2)19-12-14-22(15-13-19)29-25-24(20-10-8-18(3)9-11-20)26(31)30(27(25)32)16-21-6-4-5-7-23(21)28/h4-15,17,29H,16H2,1-3H3. The van der Waals surface area contributed by atoms with Gasteiger partial charge in [0.2, 0.25) is 0 Å². The summed E-state index contributed by atoms with van der Waals surface area (Å²) in [6, 6.07) is 21.4. The Bertz CT molecular complexity index is 1200. The lowest BCUT2D eigenvalue weighted by Crippen LogP contribution is -2.32. The molecule has 0 bridgehead atoms. The molecule has 1 N–H and O–H groups in total. The lowest BCUT2D eigenvalue weighted by molar-refractivity contribution is -0.137. The fourth-order valence-electron chi connectivity index (χ4n) is 3.72. The van der Waals surface area contributed by atoms with Crippen LogP contribution in [0.4, 0.5) is 10.1 Å². The van der Waals surface area contributed by atoms with Crippen molar-refractivity contribution < 1.29 is 14.0 Å². The molecule has 32 heavy (non-hydrogen) atoms. The van der Waals surface area contributed by atoms with Crippen LogP contribution in [0.1, 0.15) is 42.0 Å². The lowest BCUT2D eigenvalue weighted by Gasteiger charge is -2.16. The molecule has 0 radical (unpaired) electrons. The van der Waals surface area contributed by atoms with E-state index >= 15 is 0 Å². The Morgan fingerprint density at radius 2 is 1.53 bits per heavy atom. The Morgan fingerprint density at radius 1 is 0.875 bits per heavy atom. The van der Waals surface area contributed by atoms with E-state index in [4.69, 9.17) is 0 Å². The molecule has 4 rings (SSSR count). The van der Waals surface area contributed by atoms with E-state index in [1.54, 1.807) is 18.2 Å². The minimum absolute atomic E-state index is 0.128. The molecule has 0 atom stereocenters. The van der Waals surface area contributed by atoms with E-state index in [2.05, 4.69) is 19.2 Å². The van der Waals surface area contributed by atoms with Crippen molar-refractivity contribution in [3.8, 4) is 0 Å². The summed E-state index contributed by atoms with van der Waals surface area (Å²) in [4.78, 5) is 27.8. The summed E-state index contributed by atoms with van der Waals surface area (Å²) >= 11 is 0. The monoisotopic (exact) mass is 428 g/mol. The molecule has 5 heteroatoms. The highest BCUT2D eigenvalue weighted by molar-refractivity contribution is 6.36. The van der Waals surface area contributed by atoms with E-state index < -0.39 is 17.6 Å². The molecule has 0 spiro atoms. The molecule has 0 saturated heterocycles. The fourth-order valence-corrected chi connectivity index (χ4v) is 3.72. The van der Waals surface area contributed by atoms with Gasteiger partial charge >= 0.3 is 0 Å². The summed E-state index contributed by atoms with van der Waals surface area (Å²) in [5.74, 6) is -0.974. The van der Waals surface area contributed by atoms with Gasteiger partial charge in [0.1, 0.15) is 11.5 Å². The number of carbonyl (C=O) groups is 2. The summed E-state index contributed by atoms with van der Waals surface area (Å²) in [6.45, 7) is 6.05. The van der Waals surface area contributed by atoms with Crippen molar-refractivity contribution in [3.63, 3.8) is 0 Å². The first-order valence-electron chi connectivity index (χ1n) is 10.6. The maximum absolute atomic E-state index is 14.2. The quantitative estimate of drug-likeness (QED) is 0.516. The normalized spacial score (nSPS) is 14.0. The number of nitrogens with one attached hydrogen (secondary N) is 1. The summed E-state index contributed by atoms with van der Waals surface area (Å²) in [7, 11) is 0. The molecule has 4 nitrogen and oxygen atoms in total. The molecule has 3 aromatic carbocycles. The topological polar surface area (TPSA) is 49.4 Å². The van der Waals surface area contributed by atoms with Gasteiger partial charge in [-0.2, -0.15) is 0 Å². The van der Waals surface area contributed by atoms with Gasteiger partial charge < -0.3 is 5.32 Å². The SMILES string of the molecule is Cc1ccc(C2=C(Nc3ccc(C(C)C)cc3)C(=O)N(Cc3ccccc3F)C2=O)cc1. The van der Waals surface area contributed by atoms with Crippen molar-refractivity contribution >= 4 is 23.1 Å². The largest absolute Gasteiger partial charge is 0.350 e. The van der Waals surface area contributed by atoms with Gasteiger partial charge in [-0.1, -0.05) is 74.0 Å². The number of benzene rings is 3. The molecule has 1 aliphatic rings. The Morgan fingerprint density at radius 3 is 2.16 bits per heavy atom. The Kier molecular flexibility index (Phi) is 5.91. The summed E-state index contributed by atoms with van der Waals surface area (Å²) < 4.78 is 14.2. The first-order valence-corrected chi connectivity index (χ1v) is 10.6. The second kappa shape index (κ2) is 8.79. The van der Waals surface area contributed by atoms with Crippen molar-refractivity contribution in [2.75, 3.05) is 5.32 Å². The summed E-state index contributed by atoms with van der Waals surface area (Å²) in [5.41, 5.74) is 4.37. The molecular formula is C27H25FN2O2. The Balaban J connectivity index is 1.72. The van der Waals surface area contributed by atoms with Gasteiger partial charge in [-0.3, -0.25) is 14.5 Å². The van der Waals surface area contributed by atoms with Crippen LogP contribution in [-0.4, -0.2) is 16.7 Å². The van der Waals surface area contributed by atoms with Crippen LogP contribution < -0.4 is 5.32 Å². The third kappa shape index (κ3) is 4.19. The molecular weight excluding hydrogens is 403 g/mol. The first kappa shape index (κ1) is 21.5. The van der Waals surface area contributed by atoms with Crippen molar-refractivity contribution in [2.45, 2.75) is 33.2 Å². The van der Waals surface area contributed by atoms with E-state index in [0.29, 0.717) is 28.3 Å². The van der Waals surface area contributed by atoms with Crippen molar-refractivity contribution in [1.82, 2.24) is 4.90 Å². The van der Waals surface area contributed by atoms with Gasteiger partial charge in [0.25, 0.3) is 11.8 Å². The van der Waals surface area contributed by atoms with Gasteiger partial charge in [0.05, 0.1) is 12.1 Å². The molecule has 1 heterocycles. The van der Waals surface area contributed by atoms with Crippen LogP contribution in [0.5, 0.6) is 0 Å². The number of hydrogen-bond donors (Lipinski definition) is 1. The van der Waals surface area contributed by atoms with E-state index in [-0.39, 0.29) is 12.2 Å². The maximum Gasteiger partial charge on any atom is 0.278 e. The fraction of sp³-hybridized carbons (Fsp3) is 0.185. The molecule has 0 aliphatic carbocycles.